The van der Waals surface area contributed by atoms with Crippen molar-refractivity contribution in [2.24, 2.45) is 0 Å². The van der Waals surface area contributed by atoms with E-state index in [0.717, 1.165) is 77.3 Å². The predicted molar refractivity (Wildman–Crippen MR) is 291 cm³/mol. The van der Waals surface area contributed by atoms with E-state index in [1.807, 2.05) is 24.3 Å². The molecule has 0 bridgehead atoms. The Labute approximate surface area is 402 Å². The van der Waals surface area contributed by atoms with Crippen LogP contribution in [0.15, 0.2) is 251 Å². The van der Waals surface area contributed by atoms with E-state index in [2.05, 4.69) is 228 Å². The smallest absolute Gasteiger partial charge is 0.135 e. The quantitative estimate of drug-likeness (QED) is 0.167. The van der Waals surface area contributed by atoms with E-state index < -0.39 is 0 Å². The summed E-state index contributed by atoms with van der Waals surface area (Å²) in [6.45, 7) is 0. The lowest BCUT2D eigenvalue weighted by Gasteiger charge is -2.10. The molecule has 326 valence electrons. The maximum Gasteiger partial charge on any atom is 0.135 e. The lowest BCUT2D eigenvalue weighted by Crippen LogP contribution is -1.93. The first-order chi connectivity index (χ1) is 34.7. The first kappa shape index (κ1) is 38.7. The van der Waals surface area contributed by atoms with E-state index in [-0.39, 0.29) is 0 Å². The number of rotatable bonds is 6. The predicted octanol–water partition coefficient (Wildman–Crippen LogP) is 18.3. The zero-order valence-electron chi connectivity index (χ0n) is 37.8. The van der Waals surface area contributed by atoms with Crippen LogP contribution in [-0.4, -0.2) is 9.13 Å². The Morgan fingerprint density at radius 2 is 0.500 bits per heavy atom. The monoisotopic (exact) mass is 892 g/mol. The van der Waals surface area contributed by atoms with Crippen LogP contribution in [0.5, 0.6) is 0 Å². The third-order valence-corrected chi connectivity index (χ3v) is 14.5. The topological polar surface area (TPSA) is 36.1 Å². The van der Waals surface area contributed by atoms with E-state index >= 15 is 0 Å². The minimum Gasteiger partial charge on any atom is -0.456 e. The average Bonchev–Trinajstić information content (AvgIpc) is 4.18. The van der Waals surface area contributed by atoms with E-state index in [0.29, 0.717) is 0 Å². The molecule has 0 aliphatic heterocycles. The van der Waals surface area contributed by atoms with Crippen molar-refractivity contribution in [3.63, 3.8) is 0 Å². The molecule has 0 saturated heterocycles. The van der Waals surface area contributed by atoms with Gasteiger partial charge in [-0.2, -0.15) is 0 Å². The molecule has 15 rings (SSSR count). The van der Waals surface area contributed by atoms with E-state index in [4.69, 9.17) is 8.83 Å². The fourth-order valence-corrected chi connectivity index (χ4v) is 11.1. The van der Waals surface area contributed by atoms with Gasteiger partial charge in [0, 0.05) is 54.5 Å². The van der Waals surface area contributed by atoms with Crippen molar-refractivity contribution in [3.05, 3.63) is 243 Å². The number of aromatic nitrogens is 2. The SMILES string of the molecule is c1ccc(-c2ccc3c(c2)c2cc(-c4ccc(-c5ccc6c(c5)c5cc(-c7ccccc7)ccc5n6-c5ccc6oc7ccccc7c6c5)cc4)ccc2n3-c2ccc3oc4ccccc4c3c2)cc1. The fourth-order valence-electron chi connectivity index (χ4n) is 11.1. The van der Waals surface area contributed by atoms with Gasteiger partial charge in [0.05, 0.1) is 22.1 Å². The number of hydrogen-bond acceptors (Lipinski definition) is 2. The minimum absolute atomic E-state index is 0.893. The van der Waals surface area contributed by atoms with Crippen molar-refractivity contribution in [1.82, 2.24) is 9.13 Å². The molecule has 11 aromatic carbocycles. The van der Waals surface area contributed by atoms with Crippen LogP contribution in [0, 0.1) is 0 Å². The third kappa shape index (κ3) is 5.97. The molecular weight excluding hydrogens is 853 g/mol. The van der Waals surface area contributed by atoms with Crippen molar-refractivity contribution >= 4 is 87.5 Å². The molecular formula is C66H40N2O2. The Balaban J connectivity index is 0.851. The largest absolute Gasteiger partial charge is 0.456 e. The first-order valence-corrected chi connectivity index (χ1v) is 23.9. The number of hydrogen-bond donors (Lipinski definition) is 0. The van der Waals surface area contributed by atoms with Gasteiger partial charge in [0.15, 0.2) is 0 Å². The second-order valence-electron chi connectivity index (χ2n) is 18.5. The second kappa shape index (κ2) is 15.1. The first-order valence-electron chi connectivity index (χ1n) is 23.9. The lowest BCUT2D eigenvalue weighted by molar-refractivity contribution is 0.668. The maximum atomic E-state index is 6.25. The Bertz CT molecular complexity index is 4270. The normalized spacial score (nSPS) is 12.0. The van der Waals surface area contributed by atoms with Crippen LogP contribution in [-0.2, 0) is 0 Å². The number of nitrogens with zero attached hydrogens (tertiary/aromatic N) is 2. The van der Waals surface area contributed by atoms with Gasteiger partial charge in [-0.1, -0.05) is 146 Å². The van der Waals surface area contributed by atoms with Gasteiger partial charge < -0.3 is 18.0 Å². The fraction of sp³-hybridized carbons (Fsp3) is 0. The molecule has 0 saturated carbocycles. The standard InChI is InChI=1S/C66H40N2O2/c1-3-11-41(12-4-1)45-23-29-59-53(35-45)55-37-47(25-31-61(55)67(59)49-27-33-65-57(39-49)51-15-7-9-17-63(51)69-65)43-19-21-44(22-20-43)48-26-32-62-56(38-48)54-36-46(42-13-5-2-6-14-42)24-30-60(54)68(62)50-28-34-66-58(40-50)52-16-8-10-18-64(52)70-66/h1-40H. The summed E-state index contributed by atoms with van der Waals surface area (Å²) in [4.78, 5) is 0. The average molecular weight is 893 g/mol. The highest BCUT2D eigenvalue weighted by Gasteiger charge is 2.19. The number of furan rings is 2. The van der Waals surface area contributed by atoms with Crippen LogP contribution in [0.4, 0.5) is 0 Å². The van der Waals surface area contributed by atoms with Crippen molar-refractivity contribution in [2.45, 2.75) is 0 Å². The number of fused-ring (bicyclic) bond motifs is 12. The Morgan fingerprint density at radius 1 is 0.200 bits per heavy atom. The summed E-state index contributed by atoms with van der Waals surface area (Å²) < 4.78 is 17.3. The Kier molecular flexibility index (Phi) is 8.33. The zero-order valence-corrected chi connectivity index (χ0v) is 37.8. The molecule has 15 aromatic rings. The highest BCUT2D eigenvalue weighted by molar-refractivity contribution is 6.14. The van der Waals surface area contributed by atoms with Crippen LogP contribution in [0.3, 0.4) is 0 Å². The summed E-state index contributed by atoms with van der Waals surface area (Å²) >= 11 is 0. The van der Waals surface area contributed by atoms with Crippen molar-refractivity contribution in [2.75, 3.05) is 0 Å². The molecule has 0 aliphatic carbocycles. The van der Waals surface area contributed by atoms with Crippen molar-refractivity contribution in [3.8, 4) is 55.9 Å². The summed E-state index contributed by atoms with van der Waals surface area (Å²) in [7, 11) is 0. The van der Waals surface area contributed by atoms with Gasteiger partial charge >= 0.3 is 0 Å². The van der Waals surface area contributed by atoms with Crippen LogP contribution in [0.1, 0.15) is 0 Å². The van der Waals surface area contributed by atoms with E-state index in [1.54, 1.807) is 0 Å². The molecule has 0 radical (unpaired) electrons. The molecule has 0 N–H and O–H groups in total. The Morgan fingerprint density at radius 3 is 0.871 bits per heavy atom. The summed E-state index contributed by atoms with van der Waals surface area (Å²) in [6, 6.07) is 87.8. The molecule has 0 aliphatic rings. The highest BCUT2D eigenvalue weighted by atomic mass is 16.3. The summed E-state index contributed by atoms with van der Waals surface area (Å²) in [5.74, 6) is 0. The summed E-state index contributed by atoms with van der Waals surface area (Å²) in [6.07, 6.45) is 0. The van der Waals surface area contributed by atoms with Crippen LogP contribution in [0.2, 0.25) is 0 Å². The minimum atomic E-state index is 0.893. The molecule has 0 atom stereocenters. The second-order valence-corrected chi connectivity index (χ2v) is 18.5. The third-order valence-electron chi connectivity index (χ3n) is 14.5. The van der Waals surface area contributed by atoms with Crippen molar-refractivity contribution < 1.29 is 8.83 Å². The summed E-state index contributed by atoms with van der Waals surface area (Å²) in [5, 5.41) is 9.33. The van der Waals surface area contributed by atoms with Crippen LogP contribution < -0.4 is 0 Å². The number of para-hydroxylation sites is 2. The molecule has 70 heavy (non-hydrogen) atoms. The molecule has 4 heteroatoms. The lowest BCUT2D eigenvalue weighted by atomic mass is 9.97. The molecule has 4 aromatic heterocycles. The van der Waals surface area contributed by atoms with Crippen LogP contribution >= 0.6 is 0 Å². The van der Waals surface area contributed by atoms with Gasteiger partial charge in [0.2, 0.25) is 0 Å². The molecule has 0 fully saturated rings. The maximum absolute atomic E-state index is 6.25. The van der Waals surface area contributed by atoms with Gasteiger partial charge in [0.1, 0.15) is 22.3 Å². The summed E-state index contributed by atoms with van der Waals surface area (Å²) in [5.41, 5.74) is 19.9. The molecule has 0 unspecified atom stereocenters. The van der Waals surface area contributed by atoms with E-state index in [1.165, 1.54) is 66.1 Å². The number of benzene rings is 11. The molecule has 0 spiro atoms. The Hall–Kier alpha value is -9.38. The molecule has 4 heterocycles. The van der Waals surface area contributed by atoms with Crippen molar-refractivity contribution in [1.29, 1.82) is 0 Å². The van der Waals surface area contributed by atoms with Crippen LogP contribution in [0.25, 0.3) is 143 Å². The van der Waals surface area contributed by atoms with Gasteiger partial charge in [-0.15, -0.1) is 0 Å². The van der Waals surface area contributed by atoms with Gasteiger partial charge in [-0.05, 0) is 142 Å². The molecule has 4 nitrogen and oxygen atoms in total. The van der Waals surface area contributed by atoms with Gasteiger partial charge in [-0.25, -0.2) is 0 Å². The van der Waals surface area contributed by atoms with Gasteiger partial charge in [0.25, 0.3) is 0 Å². The van der Waals surface area contributed by atoms with E-state index in [9.17, 15) is 0 Å². The van der Waals surface area contributed by atoms with Gasteiger partial charge in [-0.3, -0.25) is 0 Å². The molecule has 0 amide bonds. The highest BCUT2D eigenvalue weighted by Crippen LogP contribution is 2.42. The zero-order chi connectivity index (χ0) is 45.9.